The summed E-state index contributed by atoms with van der Waals surface area (Å²) < 4.78 is 12.2. The highest BCUT2D eigenvalue weighted by Crippen LogP contribution is 2.29. The zero-order valence-corrected chi connectivity index (χ0v) is 10.6. The predicted octanol–water partition coefficient (Wildman–Crippen LogP) is 2.82. The van der Waals surface area contributed by atoms with Crippen molar-refractivity contribution >= 4 is 28.2 Å². The molecule has 16 heavy (non-hydrogen) atoms. The van der Waals surface area contributed by atoms with Crippen LogP contribution in [0.1, 0.15) is 19.8 Å². The number of carbonyl (C=O) groups is 1. The molecule has 1 fully saturated rings. The molecule has 0 N–H and O–H groups in total. The fraction of sp³-hybridized carbons (Fsp3) is 0.417. The summed E-state index contributed by atoms with van der Waals surface area (Å²) in [5.74, 6) is 0.142. The first-order chi connectivity index (χ1) is 7.59. The van der Waals surface area contributed by atoms with E-state index in [1.54, 1.807) is 24.3 Å². The molecule has 0 radical (unpaired) electrons. The fourth-order valence-electron chi connectivity index (χ4n) is 2.01. The first-order valence-corrected chi connectivity index (χ1v) is 6.87. The Hall–Kier alpha value is -0.670. The molecule has 2 nitrogen and oxygen atoms in total. The van der Waals surface area contributed by atoms with Gasteiger partial charge < -0.3 is 0 Å². The Morgan fingerprint density at radius 1 is 1.31 bits per heavy atom. The number of halogens is 1. The minimum Gasteiger partial charge on any atom is -0.299 e. The molecule has 0 aliphatic heterocycles. The molecule has 1 aliphatic rings. The van der Waals surface area contributed by atoms with E-state index in [2.05, 4.69) is 0 Å². The van der Waals surface area contributed by atoms with Crippen molar-refractivity contribution in [2.45, 2.75) is 29.9 Å². The molecule has 4 heteroatoms. The molecule has 86 valence electrons. The number of hydrogen-bond acceptors (Lipinski definition) is 2. The molecule has 0 saturated heterocycles. The third-order valence-corrected chi connectivity index (χ3v) is 5.24. The molecule has 3 atom stereocenters. The summed E-state index contributed by atoms with van der Waals surface area (Å²) in [6.07, 6.45) is 1.29. The van der Waals surface area contributed by atoms with Crippen LogP contribution in [-0.2, 0) is 15.6 Å². The zero-order valence-electron chi connectivity index (χ0n) is 8.98. The van der Waals surface area contributed by atoms with Crippen LogP contribution in [0.4, 0.5) is 0 Å². The molecule has 3 unspecified atom stereocenters. The standard InChI is InChI=1S/C12H13ClO2S/c1-8-11(14)6-7-12(8)16(15)10-4-2-9(13)3-5-10/h2-5,8,12H,6-7H2,1H3. The highest BCUT2D eigenvalue weighted by atomic mass is 35.5. The van der Waals surface area contributed by atoms with Crippen LogP contribution in [0.25, 0.3) is 0 Å². The summed E-state index contributed by atoms with van der Waals surface area (Å²) in [6, 6.07) is 7.01. The molecular formula is C12H13ClO2S. The van der Waals surface area contributed by atoms with Gasteiger partial charge >= 0.3 is 0 Å². The molecular weight excluding hydrogens is 244 g/mol. The molecule has 0 spiro atoms. The maximum absolute atomic E-state index is 12.2. The van der Waals surface area contributed by atoms with Crippen molar-refractivity contribution in [2.24, 2.45) is 5.92 Å². The van der Waals surface area contributed by atoms with Crippen molar-refractivity contribution in [1.82, 2.24) is 0 Å². The lowest BCUT2D eigenvalue weighted by atomic mass is 10.1. The Balaban J connectivity index is 2.19. The van der Waals surface area contributed by atoms with E-state index < -0.39 is 10.8 Å². The van der Waals surface area contributed by atoms with Crippen LogP contribution in [0.3, 0.4) is 0 Å². The van der Waals surface area contributed by atoms with E-state index in [4.69, 9.17) is 11.6 Å². The molecule has 0 amide bonds. The highest BCUT2D eigenvalue weighted by Gasteiger charge is 2.35. The second kappa shape index (κ2) is 4.68. The molecule has 1 saturated carbocycles. The quantitative estimate of drug-likeness (QED) is 0.816. The topological polar surface area (TPSA) is 34.1 Å². The summed E-state index contributed by atoms with van der Waals surface area (Å²) in [7, 11) is -1.10. The van der Waals surface area contributed by atoms with Crippen molar-refractivity contribution in [3.05, 3.63) is 29.3 Å². The Bertz CT molecular complexity index is 427. The molecule has 0 heterocycles. The van der Waals surface area contributed by atoms with E-state index >= 15 is 0 Å². The van der Waals surface area contributed by atoms with E-state index in [0.717, 1.165) is 11.3 Å². The van der Waals surface area contributed by atoms with Crippen molar-refractivity contribution in [3.8, 4) is 0 Å². The molecule has 1 aromatic rings. The molecule has 0 bridgehead atoms. The van der Waals surface area contributed by atoms with Gasteiger partial charge in [-0.3, -0.25) is 9.00 Å². The van der Waals surface area contributed by atoms with Crippen molar-refractivity contribution in [3.63, 3.8) is 0 Å². The van der Waals surface area contributed by atoms with Gasteiger partial charge in [-0.2, -0.15) is 0 Å². The number of benzene rings is 1. The van der Waals surface area contributed by atoms with Crippen LogP contribution in [0.2, 0.25) is 5.02 Å². The molecule has 1 aromatic carbocycles. The van der Waals surface area contributed by atoms with Gasteiger partial charge in [0.05, 0.1) is 10.8 Å². The summed E-state index contributed by atoms with van der Waals surface area (Å²) in [6.45, 7) is 1.87. The normalized spacial score (nSPS) is 27.0. The zero-order chi connectivity index (χ0) is 11.7. The van der Waals surface area contributed by atoms with Crippen LogP contribution in [0.5, 0.6) is 0 Å². The van der Waals surface area contributed by atoms with Gasteiger partial charge in [0.15, 0.2) is 0 Å². The van der Waals surface area contributed by atoms with E-state index in [9.17, 15) is 9.00 Å². The predicted molar refractivity (Wildman–Crippen MR) is 65.1 cm³/mol. The minimum atomic E-state index is -1.10. The van der Waals surface area contributed by atoms with Crippen molar-refractivity contribution in [1.29, 1.82) is 0 Å². The lowest BCUT2D eigenvalue weighted by Gasteiger charge is -2.13. The Morgan fingerprint density at radius 3 is 2.44 bits per heavy atom. The fourth-order valence-corrected chi connectivity index (χ4v) is 3.74. The van der Waals surface area contributed by atoms with Gasteiger partial charge in [0.2, 0.25) is 0 Å². The Labute approximate surface area is 102 Å². The lowest BCUT2D eigenvalue weighted by Crippen LogP contribution is -2.21. The summed E-state index contributed by atoms with van der Waals surface area (Å²) >= 11 is 5.77. The summed E-state index contributed by atoms with van der Waals surface area (Å²) in [5, 5.41) is 0.602. The number of carbonyl (C=O) groups excluding carboxylic acids is 1. The van der Waals surface area contributed by atoms with Crippen LogP contribution in [0, 0.1) is 5.92 Å². The van der Waals surface area contributed by atoms with Crippen LogP contribution < -0.4 is 0 Å². The van der Waals surface area contributed by atoms with Crippen LogP contribution >= 0.6 is 11.6 Å². The lowest BCUT2D eigenvalue weighted by molar-refractivity contribution is -0.120. The second-order valence-electron chi connectivity index (χ2n) is 4.08. The van der Waals surface area contributed by atoms with Gasteiger partial charge in [0.1, 0.15) is 5.78 Å². The Morgan fingerprint density at radius 2 is 1.94 bits per heavy atom. The second-order valence-corrected chi connectivity index (χ2v) is 6.19. The van der Waals surface area contributed by atoms with Gasteiger partial charge in [0.25, 0.3) is 0 Å². The van der Waals surface area contributed by atoms with E-state index in [0.29, 0.717) is 11.4 Å². The van der Waals surface area contributed by atoms with Gasteiger partial charge in [-0.05, 0) is 30.7 Å². The number of Topliss-reactive ketones (excluding diaryl/α,β-unsaturated/α-hetero) is 1. The van der Waals surface area contributed by atoms with Gasteiger partial charge in [-0.1, -0.05) is 18.5 Å². The van der Waals surface area contributed by atoms with Crippen LogP contribution in [0.15, 0.2) is 29.2 Å². The monoisotopic (exact) mass is 256 g/mol. The average molecular weight is 257 g/mol. The molecule has 1 aliphatic carbocycles. The largest absolute Gasteiger partial charge is 0.299 e. The third-order valence-electron chi connectivity index (χ3n) is 3.06. The summed E-state index contributed by atoms with van der Waals surface area (Å²) in [5.41, 5.74) is 0. The van der Waals surface area contributed by atoms with Gasteiger partial charge in [-0.15, -0.1) is 0 Å². The molecule has 0 aromatic heterocycles. The third kappa shape index (κ3) is 2.20. The van der Waals surface area contributed by atoms with Crippen LogP contribution in [-0.4, -0.2) is 15.2 Å². The minimum absolute atomic E-state index is 0.0336. The summed E-state index contributed by atoms with van der Waals surface area (Å²) in [4.78, 5) is 12.2. The number of ketones is 1. The Kier molecular flexibility index (Phi) is 3.45. The van der Waals surface area contributed by atoms with E-state index in [1.807, 2.05) is 6.92 Å². The number of hydrogen-bond donors (Lipinski definition) is 0. The molecule has 2 rings (SSSR count). The first-order valence-electron chi connectivity index (χ1n) is 5.28. The highest BCUT2D eigenvalue weighted by molar-refractivity contribution is 7.85. The van der Waals surface area contributed by atoms with Crippen molar-refractivity contribution in [2.75, 3.05) is 0 Å². The maximum atomic E-state index is 12.2. The average Bonchev–Trinajstić information content (AvgIpc) is 2.60. The van der Waals surface area contributed by atoms with Gasteiger partial charge in [0, 0.05) is 27.5 Å². The SMILES string of the molecule is CC1C(=O)CCC1S(=O)c1ccc(Cl)cc1. The first kappa shape index (κ1) is 11.8. The van der Waals surface area contributed by atoms with Crippen molar-refractivity contribution < 1.29 is 9.00 Å². The van der Waals surface area contributed by atoms with Gasteiger partial charge in [-0.25, -0.2) is 0 Å². The number of rotatable bonds is 2. The van der Waals surface area contributed by atoms with E-state index in [1.165, 1.54) is 0 Å². The maximum Gasteiger partial charge on any atom is 0.136 e. The van der Waals surface area contributed by atoms with E-state index in [-0.39, 0.29) is 17.0 Å². The smallest absolute Gasteiger partial charge is 0.136 e.